The molecule has 0 aliphatic rings. The van der Waals surface area contributed by atoms with Gasteiger partial charge in [-0.3, -0.25) is 0 Å². The van der Waals surface area contributed by atoms with Gasteiger partial charge in [-0.15, -0.1) is 0 Å². The Kier molecular flexibility index (Phi) is 11.0. The van der Waals surface area contributed by atoms with Gasteiger partial charge < -0.3 is 19.0 Å². The molecule has 2 atom stereocenters. The van der Waals surface area contributed by atoms with Gasteiger partial charge in [-0.2, -0.15) is 0 Å². The van der Waals surface area contributed by atoms with Crippen LogP contribution in [0.3, 0.4) is 0 Å². The molecule has 0 radical (unpaired) electrons. The zero-order valence-corrected chi connectivity index (χ0v) is 13.5. The van der Waals surface area contributed by atoms with E-state index >= 15 is 0 Å². The second-order valence-electron chi connectivity index (χ2n) is 4.64. The van der Waals surface area contributed by atoms with Gasteiger partial charge in [0.1, 0.15) is 0 Å². The minimum Gasteiger partial charge on any atom is -0.377 e. The first-order valence-corrected chi connectivity index (χ1v) is 9.14. The molecule has 0 bridgehead atoms. The Morgan fingerprint density at radius 1 is 1.17 bits per heavy atom. The van der Waals surface area contributed by atoms with Crippen molar-refractivity contribution in [1.82, 2.24) is 0 Å². The van der Waals surface area contributed by atoms with Crippen molar-refractivity contribution in [3.63, 3.8) is 0 Å². The first kappa shape index (κ1) is 18.1. The van der Waals surface area contributed by atoms with Crippen molar-refractivity contribution in [2.24, 2.45) is 5.73 Å². The highest BCUT2D eigenvalue weighted by molar-refractivity contribution is 6.60. The standard InChI is InChI=1S/C13H31NO3Si/c1-5-7-8-10-13(3)17-18(15-4,16-6-2)12-9-11-14/h13H,5-12,14H2,1-4H3. The Morgan fingerprint density at radius 3 is 2.39 bits per heavy atom. The van der Waals surface area contributed by atoms with Crippen molar-refractivity contribution >= 4 is 8.80 Å². The number of rotatable bonds is 12. The van der Waals surface area contributed by atoms with E-state index in [0.29, 0.717) is 13.2 Å². The molecule has 0 heterocycles. The van der Waals surface area contributed by atoms with Crippen LogP contribution in [0.5, 0.6) is 0 Å². The summed E-state index contributed by atoms with van der Waals surface area (Å²) >= 11 is 0. The second-order valence-corrected chi connectivity index (χ2v) is 7.44. The molecule has 0 spiro atoms. The average molecular weight is 277 g/mol. The summed E-state index contributed by atoms with van der Waals surface area (Å²) in [5.41, 5.74) is 5.57. The maximum absolute atomic E-state index is 6.12. The molecular weight excluding hydrogens is 246 g/mol. The Bertz CT molecular complexity index is 195. The highest BCUT2D eigenvalue weighted by atomic mass is 28.4. The molecule has 4 nitrogen and oxygen atoms in total. The summed E-state index contributed by atoms with van der Waals surface area (Å²) < 4.78 is 17.5. The lowest BCUT2D eigenvalue weighted by atomic mass is 10.1. The monoisotopic (exact) mass is 277 g/mol. The topological polar surface area (TPSA) is 53.7 Å². The molecule has 0 aromatic rings. The van der Waals surface area contributed by atoms with E-state index in [2.05, 4.69) is 13.8 Å². The Morgan fingerprint density at radius 2 is 1.89 bits per heavy atom. The zero-order valence-electron chi connectivity index (χ0n) is 12.5. The zero-order chi connectivity index (χ0) is 13.9. The fourth-order valence-corrected chi connectivity index (χ4v) is 4.52. The molecule has 0 fully saturated rings. The maximum atomic E-state index is 6.12. The van der Waals surface area contributed by atoms with E-state index in [1.807, 2.05) is 6.92 Å². The second kappa shape index (κ2) is 10.9. The molecule has 110 valence electrons. The van der Waals surface area contributed by atoms with Gasteiger partial charge >= 0.3 is 8.80 Å². The Balaban J connectivity index is 4.26. The van der Waals surface area contributed by atoms with Gasteiger partial charge in [-0.05, 0) is 33.2 Å². The number of nitrogens with two attached hydrogens (primary N) is 1. The lowest BCUT2D eigenvalue weighted by Gasteiger charge is -2.30. The largest absolute Gasteiger partial charge is 0.500 e. The van der Waals surface area contributed by atoms with Gasteiger partial charge in [0.2, 0.25) is 0 Å². The Labute approximate surface area is 114 Å². The lowest BCUT2D eigenvalue weighted by molar-refractivity contribution is 0.0458. The molecule has 0 saturated heterocycles. The molecule has 2 N–H and O–H groups in total. The van der Waals surface area contributed by atoms with E-state index in [9.17, 15) is 0 Å². The summed E-state index contributed by atoms with van der Waals surface area (Å²) in [6, 6.07) is 0.811. The molecule has 5 heteroatoms. The molecule has 2 unspecified atom stereocenters. The molecule has 0 aromatic carbocycles. The van der Waals surface area contributed by atoms with Crippen molar-refractivity contribution in [2.75, 3.05) is 20.3 Å². The van der Waals surface area contributed by atoms with Gasteiger partial charge in [0, 0.05) is 25.9 Å². The van der Waals surface area contributed by atoms with Crippen LogP contribution in [-0.4, -0.2) is 35.2 Å². The van der Waals surface area contributed by atoms with Crippen molar-refractivity contribution < 1.29 is 13.3 Å². The molecule has 0 aliphatic heterocycles. The molecule has 0 aliphatic carbocycles. The molecule has 0 aromatic heterocycles. The van der Waals surface area contributed by atoms with Crippen LogP contribution in [0.25, 0.3) is 0 Å². The van der Waals surface area contributed by atoms with Crippen molar-refractivity contribution in [3.05, 3.63) is 0 Å². The van der Waals surface area contributed by atoms with E-state index in [4.69, 9.17) is 19.0 Å². The summed E-state index contributed by atoms with van der Waals surface area (Å²) in [4.78, 5) is 0. The van der Waals surface area contributed by atoms with Crippen molar-refractivity contribution in [3.8, 4) is 0 Å². The number of hydrogen-bond acceptors (Lipinski definition) is 4. The van der Waals surface area contributed by atoms with Crippen LogP contribution in [0, 0.1) is 0 Å². The summed E-state index contributed by atoms with van der Waals surface area (Å²) in [6.07, 6.45) is 5.86. The molecule has 0 saturated carbocycles. The molecular formula is C13H31NO3Si. The summed E-state index contributed by atoms with van der Waals surface area (Å²) in [6.45, 7) is 7.58. The first-order chi connectivity index (χ1) is 8.64. The molecule has 18 heavy (non-hydrogen) atoms. The molecule has 0 rings (SSSR count). The molecule has 0 amide bonds. The summed E-state index contributed by atoms with van der Waals surface area (Å²) in [5, 5.41) is 0. The third-order valence-electron chi connectivity index (χ3n) is 2.96. The highest BCUT2D eigenvalue weighted by Crippen LogP contribution is 2.21. The van der Waals surface area contributed by atoms with E-state index in [1.165, 1.54) is 19.3 Å². The minimum absolute atomic E-state index is 0.201. The number of hydrogen-bond donors (Lipinski definition) is 1. The first-order valence-electron chi connectivity index (χ1n) is 7.21. The van der Waals surface area contributed by atoms with Crippen molar-refractivity contribution in [2.45, 2.75) is 65.0 Å². The van der Waals surface area contributed by atoms with Crippen LogP contribution in [0.4, 0.5) is 0 Å². The Hall–Kier alpha value is 0.0569. The van der Waals surface area contributed by atoms with E-state index in [0.717, 1.165) is 18.9 Å². The third kappa shape index (κ3) is 7.48. The van der Waals surface area contributed by atoms with Crippen LogP contribution >= 0.6 is 0 Å². The predicted molar refractivity (Wildman–Crippen MR) is 77.6 cm³/mol. The van der Waals surface area contributed by atoms with E-state index in [-0.39, 0.29) is 6.10 Å². The SMILES string of the molecule is CCCCCC(C)O[Si](CCCN)(OC)OCC. The highest BCUT2D eigenvalue weighted by Gasteiger charge is 2.40. The van der Waals surface area contributed by atoms with Crippen LogP contribution < -0.4 is 5.73 Å². The minimum atomic E-state index is -2.49. The fourth-order valence-electron chi connectivity index (χ4n) is 1.96. The van der Waals surface area contributed by atoms with Crippen molar-refractivity contribution in [1.29, 1.82) is 0 Å². The third-order valence-corrected chi connectivity index (χ3v) is 6.04. The van der Waals surface area contributed by atoms with Gasteiger partial charge in [-0.25, -0.2) is 0 Å². The maximum Gasteiger partial charge on any atom is 0.500 e. The smallest absolute Gasteiger partial charge is 0.377 e. The van der Waals surface area contributed by atoms with Gasteiger partial charge in [0.25, 0.3) is 0 Å². The fraction of sp³-hybridized carbons (Fsp3) is 1.00. The van der Waals surface area contributed by atoms with Crippen LogP contribution in [-0.2, 0) is 13.3 Å². The van der Waals surface area contributed by atoms with Gasteiger partial charge in [0.05, 0.1) is 0 Å². The quantitative estimate of drug-likeness (QED) is 0.440. The predicted octanol–water partition coefficient (Wildman–Crippen LogP) is 2.94. The van der Waals surface area contributed by atoms with Crippen LogP contribution in [0.1, 0.15) is 52.9 Å². The van der Waals surface area contributed by atoms with Gasteiger partial charge in [-0.1, -0.05) is 26.2 Å². The average Bonchev–Trinajstić information content (AvgIpc) is 2.36. The summed E-state index contributed by atoms with van der Waals surface area (Å²) in [7, 11) is -0.802. The lowest BCUT2D eigenvalue weighted by Crippen LogP contribution is -2.47. The normalized spacial score (nSPS) is 16.5. The number of unbranched alkanes of at least 4 members (excludes halogenated alkanes) is 2. The van der Waals surface area contributed by atoms with E-state index < -0.39 is 8.80 Å². The van der Waals surface area contributed by atoms with Gasteiger partial charge in [0.15, 0.2) is 0 Å². The van der Waals surface area contributed by atoms with Crippen LogP contribution in [0.2, 0.25) is 6.04 Å². The summed E-state index contributed by atoms with van der Waals surface area (Å²) in [5.74, 6) is 0. The van der Waals surface area contributed by atoms with Crippen LogP contribution in [0.15, 0.2) is 0 Å². The van der Waals surface area contributed by atoms with E-state index in [1.54, 1.807) is 7.11 Å².